The first kappa shape index (κ1) is 15.3. The van der Waals surface area contributed by atoms with Gasteiger partial charge in [0.05, 0.1) is 19.9 Å². The van der Waals surface area contributed by atoms with E-state index in [-0.39, 0.29) is 16.3 Å². The molecule has 0 amide bonds. The van der Waals surface area contributed by atoms with Gasteiger partial charge < -0.3 is 15.2 Å². The molecule has 0 aliphatic rings. The van der Waals surface area contributed by atoms with Crippen LogP contribution >= 0.6 is 0 Å². The lowest BCUT2D eigenvalue weighted by Gasteiger charge is -2.15. The molecule has 106 valence electrons. The number of nitrogens with one attached hydrogen (secondary N) is 1. The van der Waals surface area contributed by atoms with Crippen molar-refractivity contribution in [3.63, 3.8) is 0 Å². The number of anilines is 1. The zero-order chi connectivity index (χ0) is 14.6. The van der Waals surface area contributed by atoms with E-state index in [0.717, 1.165) is 0 Å². The second kappa shape index (κ2) is 5.94. The number of nitrogen functional groups attached to an aromatic ring is 1. The molecule has 3 N–H and O–H groups in total. The first-order valence-corrected chi connectivity index (χ1v) is 7.00. The highest BCUT2D eigenvalue weighted by atomic mass is 32.2. The van der Waals surface area contributed by atoms with Crippen molar-refractivity contribution < 1.29 is 17.9 Å². The molecule has 0 spiro atoms. The van der Waals surface area contributed by atoms with E-state index in [0.29, 0.717) is 5.75 Å². The largest absolute Gasteiger partial charge is 0.495 e. The van der Waals surface area contributed by atoms with Gasteiger partial charge in [-0.15, -0.1) is 6.58 Å². The van der Waals surface area contributed by atoms with Crippen LogP contribution in [0.5, 0.6) is 11.5 Å². The maximum Gasteiger partial charge on any atom is 0.244 e. The molecule has 1 atom stereocenters. The van der Waals surface area contributed by atoms with Crippen molar-refractivity contribution in [1.29, 1.82) is 0 Å². The SMILES string of the molecule is C=CC(C)NS(=O)(=O)c1cc(N)c(OC)cc1OC. The number of rotatable bonds is 6. The Morgan fingerprint density at radius 2 is 1.89 bits per heavy atom. The summed E-state index contributed by atoms with van der Waals surface area (Å²) in [7, 11) is -0.926. The van der Waals surface area contributed by atoms with Crippen LogP contribution in [-0.4, -0.2) is 28.7 Å². The monoisotopic (exact) mass is 286 g/mol. The van der Waals surface area contributed by atoms with Crippen molar-refractivity contribution >= 4 is 15.7 Å². The van der Waals surface area contributed by atoms with Gasteiger partial charge in [0.1, 0.15) is 16.4 Å². The van der Waals surface area contributed by atoms with E-state index in [1.807, 2.05) is 0 Å². The number of hydrogen-bond donors (Lipinski definition) is 2. The highest BCUT2D eigenvalue weighted by molar-refractivity contribution is 7.89. The summed E-state index contributed by atoms with van der Waals surface area (Å²) < 4.78 is 36.9. The lowest BCUT2D eigenvalue weighted by atomic mass is 10.3. The van der Waals surface area contributed by atoms with E-state index in [1.54, 1.807) is 6.92 Å². The second-order valence-corrected chi connectivity index (χ2v) is 5.57. The van der Waals surface area contributed by atoms with Crippen molar-refractivity contribution in [3.05, 3.63) is 24.8 Å². The van der Waals surface area contributed by atoms with Gasteiger partial charge in [-0.2, -0.15) is 0 Å². The van der Waals surface area contributed by atoms with Gasteiger partial charge in [0.25, 0.3) is 0 Å². The minimum atomic E-state index is -3.74. The average molecular weight is 286 g/mol. The smallest absolute Gasteiger partial charge is 0.244 e. The van der Waals surface area contributed by atoms with Crippen molar-refractivity contribution in [2.75, 3.05) is 20.0 Å². The molecule has 7 heteroatoms. The van der Waals surface area contributed by atoms with E-state index in [9.17, 15) is 8.42 Å². The van der Waals surface area contributed by atoms with Crippen LogP contribution in [0.15, 0.2) is 29.7 Å². The Hall–Kier alpha value is -1.73. The summed E-state index contributed by atoms with van der Waals surface area (Å²) in [6, 6.07) is 2.33. The van der Waals surface area contributed by atoms with Crippen LogP contribution in [-0.2, 0) is 10.0 Å². The van der Waals surface area contributed by atoms with Crippen LogP contribution < -0.4 is 19.9 Å². The van der Waals surface area contributed by atoms with Crippen molar-refractivity contribution in [1.82, 2.24) is 4.72 Å². The van der Waals surface area contributed by atoms with Crippen molar-refractivity contribution in [2.45, 2.75) is 17.9 Å². The summed E-state index contributed by atoms with van der Waals surface area (Å²) in [5.41, 5.74) is 5.94. The summed E-state index contributed by atoms with van der Waals surface area (Å²) in [5, 5.41) is 0. The topological polar surface area (TPSA) is 90.7 Å². The quantitative estimate of drug-likeness (QED) is 0.604. The summed E-state index contributed by atoms with van der Waals surface area (Å²) >= 11 is 0. The van der Waals surface area contributed by atoms with E-state index in [4.69, 9.17) is 15.2 Å². The van der Waals surface area contributed by atoms with Crippen LogP contribution in [0.4, 0.5) is 5.69 Å². The molecule has 0 radical (unpaired) electrons. The molecule has 1 rings (SSSR count). The van der Waals surface area contributed by atoms with E-state index in [1.165, 1.54) is 32.4 Å². The van der Waals surface area contributed by atoms with E-state index >= 15 is 0 Å². The fourth-order valence-electron chi connectivity index (χ4n) is 1.46. The zero-order valence-corrected chi connectivity index (χ0v) is 12.0. The molecule has 1 unspecified atom stereocenters. The standard InChI is InChI=1S/C12H18N2O4S/c1-5-8(2)14-19(15,16)12-6-9(13)10(17-3)7-11(12)18-4/h5-8,14H,1,13H2,2-4H3. The molecule has 19 heavy (non-hydrogen) atoms. The minimum Gasteiger partial charge on any atom is -0.495 e. The Bertz CT molecular complexity index is 569. The molecule has 0 aromatic heterocycles. The van der Waals surface area contributed by atoms with Gasteiger partial charge in [-0.1, -0.05) is 6.08 Å². The van der Waals surface area contributed by atoms with Gasteiger partial charge in [0.2, 0.25) is 10.0 Å². The number of nitrogens with two attached hydrogens (primary N) is 1. The molecule has 0 aliphatic carbocycles. The summed E-state index contributed by atoms with van der Waals surface area (Å²) in [6.45, 7) is 5.19. The first-order valence-electron chi connectivity index (χ1n) is 5.52. The normalized spacial score (nSPS) is 12.8. The third-order valence-corrected chi connectivity index (χ3v) is 4.08. The van der Waals surface area contributed by atoms with Gasteiger partial charge in [0.15, 0.2) is 0 Å². The highest BCUT2D eigenvalue weighted by Crippen LogP contribution is 2.33. The predicted molar refractivity (Wildman–Crippen MR) is 73.9 cm³/mol. The molecule has 1 aromatic rings. The van der Waals surface area contributed by atoms with Crippen LogP contribution in [0.3, 0.4) is 0 Å². The molecule has 0 aliphatic heterocycles. The number of ether oxygens (including phenoxy) is 2. The van der Waals surface area contributed by atoms with E-state index in [2.05, 4.69) is 11.3 Å². The Labute approximate surface area is 113 Å². The third kappa shape index (κ3) is 3.39. The molecule has 0 bridgehead atoms. The average Bonchev–Trinajstić information content (AvgIpc) is 2.37. The molecule has 0 heterocycles. The number of sulfonamides is 1. The van der Waals surface area contributed by atoms with Crippen molar-refractivity contribution in [2.24, 2.45) is 0 Å². The number of methoxy groups -OCH3 is 2. The molecule has 0 fully saturated rings. The number of benzene rings is 1. The molecule has 0 saturated heterocycles. The first-order chi connectivity index (χ1) is 8.85. The summed E-state index contributed by atoms with van der Waals surface area (Å²) in [5.74, 6) is 0.516. The minimum absolute atomic E-state index is 0.0398. The summed E-state index contributed by atoms with van der Waals surface area (Å²) in [4.78, 5) is -0.0398. The molecular formula is C12H18N2O4S. The van der Waals surface area contributed by atoms with Crippen molar-refractivity contribution in [3.8, 4) is 11.5 Å². The van der Waals surface area contributed by atoms with Crippen LogP contribution in [0.25, 0.3) is 0 Å². The Kier molecular flexibility index (Phi) is 4.79. The fraction of sp³-hybridized carbons (Fsp3) is 0.333. The molecule has 6 nitrogen and oxygen atoms in total. The molecule has 1 aromatic carbocycles. The lowest BCUT2D eigenvalue weighted by Crippen LogP contribution is -2.31. The Balaban J connectivity index is 3.33. The van der Waals surface area contributed by atoms with Gasteiger partial charge in [-0.3, -0.25) is 0 Å². The third-order valence-electron chi connectivity index (χ3n) is 2.50. The lowest BCUT2D eigenvalue weighted by molar-refractivity contribution is 0.387. The Morgan fingerprint density at radius 3 is 2.37 bits per heavy atom. The van der Waals surface area contributed by atoms with E-state index < -0.39 is 16.1 Å². The fourth-order valence-corrected chi connectivity index (χ4v) is 2.86. The van der Waals surface area contributed by atoms with Gasteiger partial charge in [0, 0.05) is 12.1 Å². The second-order valence-electron chi connectivity index (χ2n) is 3.89. The molecular weight excluding hydrogens is 268 g/mol. The van der Waals surface area contributed by atoms with Gasteiger partial charge in [-0.05, 0) is 13.0 Å². The van der Waals surface area contributed by atoms with Gasteiger partial charge in [-0.25, -0.2) is 13.1 Å². The summed E-state index contributed by atoms with van der Waals surface area (Å²) in [6.07, 6.45) is 1.48. The number of hydrogen-bond acceptors (Lipinski definition) is 5. The maximum absolute atomic E-state index is 12.2. The van der Waals surface area contributed by atoms with Crippen LogP contribution in [0.2, 0.25) is 0 Å². The molecule has 0 saturated carbocycles. The Morgan fingerprint density at radius 1 is 1.32 bits per heavy atom. The van der Waals surface area contributed by atoms with Crippen LogP contribution in [0, 0.1) is 0 Å². The van der Waals surface area contributed by atoms with Gasteiger partial charge >= 0.3 is 0 Å². The maximum atomic E-state index is 12.2. The predicted octanol–water partition coefficient (Wildman–Crippen LogP) is 1.14. The highest BCUT2D eigenvalue weighted by Gasteiger charge is 2.22. The zero-order valence-electron chi connectivity index (χ0n) is 11.1. The van der Waals surface area contributed by atoms with Crippen LogP contribution in [0.1, 0.15) is 6.92 Å².